The molecular weight excluding hydrogens is 334 g/mol. The lowest BCUT2D eigenvalue weighted by molar-refractivity contribution is -0.139. The third kappa shape index (κ3) is 3.24. The number of rotatable bonds is 3. The summed E-state index contributed by atoms with van der Waals surface area (Å²) in [5, 5.41) is 5.64. The van der Waals surface area contributed by atoms with E-state index in [-0.39, 0.29) is 23.9 Å². The zero-order chi connectivity index (χ0) is 18.1. The van der Waals surface area contributed by atoms with Crippen LogP contribution in [0.2, 0.25) is 0 Å². The molecule has 4 rings (SSSR count). The first-order valence-corrected chi connectivity index (χ1v) is 9.06. The summed E-state index contributed by atoms with van der Waals surface area (Å²) >= 11 is 0. The normalized spacial score (nSPS) is 23.5. The van der Waals surface area contributed by atoms with Gasteiger partial charge in [0.25, 0.3) is 0 Å². The molecule has 8 heteroatoms. The molecule has 3 heterocycles. The van der Waals surface area contributed by atoms with Gasteiger partial charge in [0.15, 0.2) is 0 Å². The van der Waals surface area contributed by atoms with Gasteiger partial charge in [0.05, 0.1) is 6.42 Å². The van der Waals surface area contributed by atoms with Crippen molar-refractivity contribution in [3.63, 3.8) is 0 Å². The molecule has 4 amide bonds. The summed E-state index contributed by atoms with van der Waals surface area (Å²) in [6.07, 6.45) is 0.306. The lowest BCUT2D eigenvalue weighted by Gasteiger charge is -2.43. The van der Waals surface area contributed by atoms with Gasteiger partial charge in [-0.2, -0.15) is 0 Å². The van der Waals surface area contributed by atoms with Gasteiger partial charge in [-0.05, 0) is 17.7 Å². The Morgan fingerprint density at radius 2 is 1.77 bits per heavy atom. The molecule has 3 aliphatic rings. The van der Waals surface area contributed by atoms with Crippen molar-refractivity contribution in [2.75, 3.05) is 50.7 Å². The van der Waals surface area contributed by atoms with E-state index in [9.17, 15) is 14.4 Å². The summed E-state index contributed by atoms with van der Waals surface area (Å²) in [6, 6.07) is 7.22. The predicted octanol–water partition coefficient (Wildman–Crippen LogP) is -0.599. The SMILES string of the molecule is O=C1NCCN2CCN(C(=O)Cc3ccc(N4CCNC4=O)cc3)CC12. The fourth-order valence-electron chi connectivity index (χ4n) is 3.80. The van der Waals surface area contributed by atoms with Crippen molar-refractivity contribution in [2.24, 2.45) is 0 Å². The molecule has 1 atom stereocenters. The number of carbonyl (C=O) groups is 3. The largest absolute Gasteiger partial charge is 0.353 e. The number of piperazine rings is 2. The maximum Gasteiger partial charge on any atom is 0.321 e. The minimum atomic E-state index is -0.225. The number of amides is 4. The fraction of sp³-hybridized carbons (Fsp3) is 0.500. The molecule has 0 radical (unpaired) electrons. The van der Waals surface area contributed by atoms with E-state index in [1.54, 1.807) is 9.80 Å². The number of fused-ring (bicyclic) bond motifs is 1. The van der Waals surface area contributed by atoms with Crippen LogP contribution in [0.3, 0.4) is 0 Å². The first kappa shape index (κ1) is 16.8. The maximum atomic E-state index is 12.6. The van der Waals surface area contributed by atoms with Gasteiger partial charge in [-0.15, -0.1) is 0 Å². The van der Waals surface area contributed by atoms with Crippen LogP contribution in [0.5, 0.6) is 0 Å². The Bertz CT molecular complexity index is 720. The molecule has 26 heavy (non-hydrogen) atoms. The zero-order valence-corrected chi connectivity index (χ0v) is 14.6. The van der Waals surface area contributed by atoms with Crippen LogP contribution in [0, 0.1) is 0 Å². The number of hydrogen-bond acceptors (Lipinski definition) is 4. The predicted molar refractivity (Wildman–Crippen MR) is 95.8 cm³/mol. The fourth-order valence-corrected chi connectivity index (χ4v) is 3.80. The minimum Gasteiger partial charge on any atom is -0.353 e. The summed E-state index contributed by atoms with van der Waals surface area (Å²) in [4.78, 5) is 42.0. The minimum absolute atomic E-state index is 0.0157. The van der Waals surface area contributed by atoms with Gasteiger partial charge < -0.3 is 15.5 Å². The number of hydrogen-bond donors (Lipinski definition) is 2. The topological polar surface area (TPSA) is 85.0 Å². The van der Waals surface area contributed by atoms with Crippen LogP contribution in [-0.2, 0) is 16.0 Å². The molecule has 0 saturated carbocycles. The van der Waals surface area contributed by atoms with E-state index >= 15 is 0 Å². The molecule has 138 valence electrons. The van der Waals surface area contributed by atoms with E-state index < -0.39 is 0 Å². The van der Waals surface area contributed by atoms with Crippen LogP contribution in [0.4, 0.5) is 10.5 Å². The zero-order valence-electron chi connectivity index (χ0n) is 14.6. The van der Waals surface area contributed by atoms with Crippen molar-refractivity contribution >= 4 is 23.5 Å². The Kier molecular flexibility index (Phi) is 4.50. The Morgan fingerprint density at radius 1 is 1.00 bits per heavy atom. The number of benzene rings is 1. The van der Waals surface area contributed by atoms with Gasteiger partial charge in [-0.25, -0.2) is 4.79 Å². The van der Waals surface area contributed by atoms with E-state index in [1.807, 2.05) is 24.3 Å². The van der Waals surface area contributed by atoms with Crippen molar-refractivity contribution in [1.29, 1.82) is 0 Å². The van der Waals surface area contributed by atoms with Crippen LogP contribution in [0.15, 0.2) is 24.3 Å². The highest BCUT2D eigenvalue weighted by atomic mass is 16.2. The Balaban J connectivity index is 1.37. The van der Waals surface area contributed by atoms with E-state index in [2.05, 4.69) is 15.5 Å². The molecule has 0 spiro atoms. The average molecular weight is 357 g/mol. The smallest absolute Gasteiger partial charge is 0.321 e. The van der Waals surface area contributed by atoms with Gasteiger partial charge in [0.2, 0.25) is 11.8 Å². The monoisotopic (exact) mass is 357 g/mol. The molecule has 1 aromatic carbocycles. The average Bonchev–Trinajstić information content (AvgIpc) is 3.08. The molecule has 8 nitrogen and oxygen atoms in total. The van der Waals surface area contributed by atoms with E-state index in [4.69, 9.17) is 0 Å². The van der Waals surface area contributed by atoms with Gasteiger partial charge >= 0.3 is 6.03 Å². The molecule has 3 saturated heterocycles. The highest BCUT2D eigenvalue weighted by Gasteiger charge is 2.36. The summed E-state index contributed by atoms with van der Waals surface area (Å²) in [5.74, 6) is 0.0525. The molecule has 0 bridgehead atoms. The van der Waals surface area contributed by atoms with Crippen LogP contribution in [0.1, 0.15) is 5.56 Å². The molecule has 3 fully saturated rings. The van der Waals surface area contributed by atoms with Gasteiger partial charge in [0, 0.05) is 51.5 Å². The lowest BCUT2D eigenvalue weighted by Crippen LogP contribution is -2.64. The summed E-state index contributed by atoms with van der Waals surface area (Å²) in [5.41, 5.74) is 1.75. The first-order chi connectivity index (χ1) is 12.6. The molecule has 1 unspecified atom stereocenters. The van der Waals surface area contributed by atoms with Crippen LogP contribution < -0.4 is 15.5 Å². The molecule has 1 aromatic rings. The van der Waals surface area contributed by atoms with Crippen LogP contribution in [-0.4, -0.2) is 79.5 Å². The van der Waals surface area contributed by atoms with Crippen LogP contribution >= 0.6 is 0 Å². The second-order valence-electron chi connectivity index (χ2n) is 6.91. The second kappa shape index (κ2) is 6.95. The second-order valence-corrected chi connectivity index (χ2v) is 6.91. The molecule has 3 aliphatic heterocycles. The summed E-state index contributed by atoms with van der Waals surface area (Å²) in [6.45, 7) is 4.71. The van der Waals surface area contributed by atoms with Crippen molar-refractivity contribution in [3.05, 3.63) is 29.8 Å². The molecule has 0 aliphatic carbocycles. The quantitative estimate of drug-likeness (QED) is 0.757. The third-order valence-corrected chi connectivity index (χ3v) is 5.30. The van der Waals surface area contributed by atoms with E-state index in [1.165, 1.54) is 0 Å². The van der Waals surface area contributed by atoms with Crippen molar-refractivity contribution in [3.8, 4) is 0 Å². The Morgan fingerprint density at radius 3 is 2.50 bits per heavy atom. The maximum absolute atomic E-state index is 12.6. The van der Waals surface area contributed by atoms with Crippen molar-refractivity contribution < 1.29 is 14.4 Å². The Hall–Kier alpha value is -2.61. The lowest BCUT2D eigenvalue weighted by atomic mass is 10.1. The van der Waals surface area contributed by atoms with E-state index in [0.29, 0.717) is 39.1 Å². The molecule has 0 aromatic heterocycles. The molecule has 2 N–H and O–H groups in total. The van der Waals surface area contributed by atoms with Gasteiger partial charge in [-0.1, -0.05) is 12.1 Å². The number of carbonyl (C=O) groups excluding carboxylic acids is 3. The first-order valence-electron chi connectivity index (χ1n) is 9.06. The third-order valence-electron chi connectivity index (χ3n) is 5.30. The number of nitrogens with zero attached hydrogens (tertiary/aromatic N) is 3. The van der Waals surface area contributed by atoms with E-state index in [0.717, 1.165) is 24.3 Å². The van der Waals surface area contributed by atoms with Crippen molar-refractivity contribution in [2.45, 2.75) is 12.5 Å². The standard InChI is InChI=1S/C18H23N5O3/c24-16(22-10-9-21-7-5-19-17(25)15(21)12-22)11-13-1-3-14(4-2-13)23-8-6-20-18(23)26/h1-4,15H,5-12H2,(H,19,25)(H,20,26). The highest BCUT2D eigenvalue weighted by Crippen LogP contribution is 2.19. The van der Waals surface area contributed by atoms with Crippen molar-refractivity contribution in [1.82, 2.24) is 20.4 Å². The number of urea groups is 1. The number of nitrogens with one attached hydrogen (secondary N) is 2. The number of anilines is 1. The Labute approximate surface area is 152 Å². The summed E-state index contributed by atoms with van der Waals surface area (Å²) in [7, 11) is 0. The summed E-state index contributed by atoms with van der Waals surface area (Å²) < 4.78 is 0. The van der Waals surface area contributed by atoms with Crippen LogP contribution in [0.25, 0.3) is 0 Å². The van der Waals surface area contributed by atoms with Gasteiger partial charge in [0.1, 0.15) is 6.04 Å². The van der Waals surface area contributed by atoms with Gasteiger partial charge in [-0.3, -0.25) is 19.4 Å². The molecular formula is C18H23N5O3. The highest BCUT2D eigenvalue weighted by molar-refractivity contribution is 5.94.